The fourth-order valence-corrected chi connectivity index (χ4v) is 2.67. The minimum absolute atomic E-state index is 0.00580. The van der Waals surface area contributed by atoms with Crippen molar-refractivity contribution in [2.24, 2.45) is 5.10 Å². The van der Waals surface area contributed by atoms with Crippen LogP contribution in [0.4, 0.5) is 18.9 Å². The molecule has 0 aromatic heterocycles. The molecule has 144 valence electrons. The maximum atomic E-state index is 12.8. The van der Waals surface area contributed by atoms with Crippen molar-refractivity contribution in [2.45, 2.75) is 39.2 Å². The Morgan fingerprint density at radius 2 is 2.00 bits per heavy atom. The third kappa shape index (κ3) is 5.35. The minimum Gasteiger partial charge on any atom is -0.460 e. The van der Waals surface area contributed by atoms with Crippen LogP contribution < -0.4 is 5.43 Å². The van der Waals surface area contributed by atoms with Crippen molar-refractivity contribution in [3.05, 3.63) is 29.8 Å². The fourth-order valence-electron chi connectivity index (χ4n) is 2.67. The summed E-state index contributed by atoms with van der Waals surface area (Å²) in [4.78, 5) is 14.0. The van der Waals surface area contributed by atoms with E-state index in [1.165, 1.54) is 12.1 Å². The molecule has 1 heterocycles. The van der Waals surface area contributed by atoms with E-state index in [0.29, 0.717) is 13.1 Å². The van der Waals surface area contributed by atoms with Crippen LogP contribution in [0.25, 0.3) is 0 Å². The fraction of sp³-hybridized carbons (Fsp3) is 0.529. The lowest BCUT2D eigenvalue weighted by Crippen LogP contribution is -2.51. The SMILES string of the molecule is CCOC(=O)/C(=N\Nc1cccc(C(F)(F)F)c1)N1CC(C)OC(C)C1. The van der Waals surface area contributed by atoms with Gasteiger partial charge >= 0.3 is 12.1 Å². The summed E-state index contributed by atoms with van der Waals surface area (Å²) >= 11 is 0. The summed E-state index contributed by atoms with van der Waals surface area (Å²) in [6.45, 7) is 6.41. The molecule has 2 atom stereocenters. The number of hydrogen-bond acceptors (Lipinski definition) is 5. The molecule has 0 spiro atoms. The lowest BCUT2D eigenvalue weighted by molar-refractivity contribution is -0.138. The van der Waals surface area contributed by atoms with Crippen molar-refractivity contribution >= 4 is 17.5 Å². The van der Waals surface area contributed by atoms with E-state index in [1.54, 1.807) is 11.8 Å². The average Bonchev–Trinajstić information content (AvgIpc) is 2.54. The molecule has 1 aromatic rings. The molecule has 2 rings (SSSR count). The van der Waals surface area contributed by atoms with E-state index in [9.17, 15) is 18.0 Å². The van der Waals surface area contributed by atoms with Crippen LogP contribution in [0, 0.1) is 0 Å². The van der Waals surface area contributed by atoms with Crippen LogP contribution in [-0.4, -0.2) is 48.6 Å². The third-order valence-corrected chi connectivity index (χ3v) is 3.66. The number of morpholine rings is 1. The lowest BCUT2D eigenvalue weighted by Gasteiger charge is -2.36. The molecule has 0 aliphatic carbocycles. The second kappa shape index (κ2) is 8.39. The number of halogens is 3. The molecule has 0 saturated carbocycles. The Kier molecular flexibility index (Phi) is 6.47. The summed E-state index contributed by atoms with van der Waals surface area (Å²) in [5, 5.41) is 4.02. The molecule has 1 fully saturated rings. The normalized spacial score (nSPS) is 21.5. The minimum atomic E-state index is -4.46. The van der Waals surface area contributed by atoms with Crippen LogP contribution in [0.2, 0.25) is 0 Å². The molecule has 1 aliphatic heterocycles. The molecule has 9 heteroatoms. The van der Waals surface area contributed by atoms with Crippen molar-refractivity contribution in [1.82, 2.24) is 4.90 Å². The van der Waals surface area contributed by atoms with Gasteiger partial charge in [0.05, 0.1) is 30.1 Å². The summed E-state index contributed by atoms with van der Waals surface area (Å²) in [7, 11) is 0. The number of amidine groups is 1. The number of carbonyl (C=O) groups is 1. The van der Waals surface area contributed by atoms with Crippen LogP contribution >= 0.6 is 0 Å². The van der Waals surface area contributed by atoms with Gasteiger partial charge in [-0.3, -0.25) is 5.43 Å². The van der Waals surface area contributed by atoms with Gasteiger partial charge in [0, 0.05) is 13.1 Å². The van der Waals surface area contributed by atoms with Gasteiger partial charge in [-0.1, -0.05) is 6.07 Å². The first-order valence-electron chi connectivity index (χ1n) is 8.29. The van der Waals surface area contributed by atoms with E-state index in [2.05, 4.69) is 10.5 Å². The van der Waals surface area contributed by atoms with Crippen LogP contribution in [0.3, 0.4) is 0 Å². The van der Waals surface area contributed by atoms with E-state index in [4.69, 9.17) is 9.47 Å². The van der Waals surface area contributed by atoms with Crippen molar-refractivity contribution < 1.29 is 27.4 Å². The number of carbonyl (C=O) groups excluding carboxylic acids is 1. The van der Waals surface area contributed by atoms with Gasteiger partial charge in [-0.05, 0) is 39.0 Å². The Labute approximate surface area is 150 Å². The van der Waals surface area contributed by atoms with Gasteiger partial charge in [0.15, 0.2) is 0 Å². The van der Waals surface area contributed by atoms with Crippen molar-refractivity contribution in [3.63, 3.8) is 0 Å². The molecule has 1 N–H and O–H groups in total. The summed E-state index contributed by atoms with van der Waals surface area (Å²) < 4.78 is 49.1. The lowest BCUT2D eigenvalue weighted by atomic mass is 10.2. The second-order valence-electron chi connectivity index (χ2n) is 6.01. The first-order chi connectivity index (χ1) is 12.2. The second-order valence-corrected chi connectivity index (χ2v) is 6.01. The molecule has 1 aliphatic rings. The van der Waals surface area contributed by atoms with E-state index in [-0.39, 0.29) is 30.3 Å². The number of benzene rings is 1. The van der Waals surface area contributed by atoms with Gasteiger partial charge in [-0.25, -0.2) is 4.79 Å². The number of hydrogen-bond donors (Lipinski definition) is 1. The molecule has 26 heavy (non-hydrogen) atoms. The Balaban J connectivity index is 2.24. The predicted octanol–water partition coefficient (Wildman–Crippen LogP) is 3.10. The molecule has 0 bridgehead atoms. The molecule has 0 radical (unpaired) electrons. The zero-order chi connectivity index (χ0) is 19.3. The summed E-state index contributed by atoms with van der Waals surface area (Å²) in [5.74, 6) is -0.639. The highest BCUT2D eigenvalue weighted by atomic mass is 19.4. The van der Waals surface area contributed by atoms with Crippen LogP contribution in [0.5, 0.6) is 0 Å². The van der Waals surface area contributed by atoms with Gasteiger partial charge in [-0.15, -0.1) is 5.10 Å². The zero-order valence-corrected chi connectivity index (χ0v) is 14.8. The topological polar surface area (TPSA) is 63.2 Å². The van der Waals surface area contributed by atoms with Crippen molar-refractivity contribution in [3.8, 4) is 0 Å². The molecule has 0 amide bonds. The Bertz CT molecular complexity index is 654. The number of anilines is 1. The number of rotatable bonds is 3. The largest absolute Gasteiger partial charge is 0.460 e. The maximum Gasteiger partial charge on any atom is 0.416 e. The van der Waals surface area contributed by atoms with E-state index < -0.39 is 17.7 Å². The highest BCUT2D eigenvalue weighted by Gasteiger charge is 2.31. The monoisotopic (exact) mass is 373 g/mol. The molecule has 1 aromatic carbocycles. The molecular formula is C17H22F3N3O3. The van der Waals surface area contributed by atoms with Crippen LogP contribution in [0.15, 0.2) is 29.4 Å². The maximum absolute atomic E-state index is 12.8. The zero-order valence-electron chi connectivity index (χ0n) is 14.8. The van der Waals surface area contributed by atoms with Gasteiger partial charge in [0.25, 0.3) is 0 Å². The van der Waals surface area contributed by atoms with E-state index in [1.807, 2.05) is 13.8 Å². The highest BCUT2D eigenvalue weighted by Crippen LogP contribution is 2.30. The van der Waals surface area contributed by atoms with Gasteiger partial charge < -0.3 is 14.4 Å². The predicted molar refractivity (Wildman–Crippen MR) is 90.7 cm³/mol. The molecule has 2 unspecified atom stereocenters. The van der Waals surface area contributed by atoms with E-state index in [0.717, 1.165) is 12.1 Å². The van der Waals surface area contributed by atoms with Crippen LogP contribution in [-0.2, 0) is 20.4 Å². The summed E-state index contributed by atoms with van der Waals surface area (Å²) in [5.41, 5.74) is 1.85. The first kappa shape index (κ1) is 20.0. The molecule has 1 saturated heterocycles. The summed E-state index contributed by atoms with van der Waals surface area (Å²) in [6.07, 6.45) is -4.70. The molecule has 6 nitrogen and oxygen atoms in total. The number of alkyl halides is 3. The molecular weight excluding hydrogens is 351 g/mol. The number of ether oxygens (including phenoxy) is 2. The van der Waals surface area contributed by atoms with Gasteiger partial charge in [0.1, 0.15) is 0 Å². The van der Waals surface area contributed by atoms with Gasteiger partial charge in [0.2, 0.25) is 5.84 Å². The number of hydrazone groups is 1. The Hall–Kier alpha value is -2.29. The van der Waals surface area contributed by atoms with Gasteiger partial charge in [-0.2, -0.15) is 13.2 Å². The standard InChI is InChI=1S/C17H22F3N3O3/c1-4-25-16(24)15(23-9-11(2)26-12(3)10-23)22-21-14-7-5-6-13(8-14)17(18,19)20/h5-8,11-12,21H,4,9-10H2,1-3H3/b22-15+. The number of nitrogens with zero attached hydrogens (tertiary/aromatic N) is 2. The Morgan fingerprint density at radius 3 is 2.58 bits per heavy atom. The quantitative estimate of drug-likeness (QED) is 0.382. The van der Waals surface area contributed by atoms with Crippen molar-refractivity contribution in [1.29, 1.82) is 0 Å². The third-order valence-electron chi connectivity index (χ3n) is 3.66. The smallest absolute Gasteiger partial charge is 0.416 e. The van der Waals surface area contributed by atoms with E-state index >= 15 is 0 Å². The number of esters is 1. The highest BCUT2D eigenvalue weighted by molar-refractivity contribution is 6.35. The van der Waals surface area contributed by atoms with Crippen molar-refractivity contribution in [2.75, 3.05) is 25.1 Å². The summed E-state index contributed by atoms with van der Waals surface area (Å²) in [6, 6.07) is 4.60. The number of nitrogens with one attached hydrogen (secondary N) is 1. The average molecular weight is 373 g/mol. The Morgan fingerprint density at radius 1 is 1.35 bits per heavy atom. The van der Waals surface area contributed by atoms with Crippen LogP contribution in [0.1, 0.15) is 26.3 Å². The first-order valence-corrected chi connectivity index (χ1v) is 8.29.